The summed E-state index contributed by atoms with van der Waals surface area (Å²) in [6.07, 6.45) is 0. The number of rotatable bonds is 7. The van der Waals surface area contributed by atoms with Crippen LogP contribution >= 0.6 is 0 Å². The number of methoxy groups -OCH3 is 1. The fourth-order valence-electron chi connectivity index (χ4n) is 2.11. The van der Waals surface area contributed by atoms with Gasteiger partial charge < -0.3 is 21.1 Å². The molecule has 26 heavy (non-hydrogen) atoms. The summed E-state index contributed by atoms with van der Waals surface area (Å²) < 4.78 is 5.05. The van der Waals surface area contributed by atoms with Gasteiger partial charge in [-0.15, -0.1) is 0 Å². The van der Waals surface area contributed by atoms with Crippen LogP contribution in [-0.2, 0) is 11.3 Å². The normalized spacial score (nSPS) is 10.0. The number of carbonyl (C=O) groups is 2. The molecule has 9 heteroatoms. The van der Waals surface area contributed by atoms with Crippen molar-refractivity contribution < 1.29 is 19.2 Å². The Labute approximate surface area is 149 Å². The number of hydrogen-bond acceptors (Lipinski definition) is 6. The topological polar surface area (TPSA) is 137 Å². The van der Waals surface area contributed by atoms with Gasteiger partial charge in [-0.1, -0.05) is 12.1 Å². The molecule has 0 aromatic heterocycles. The molecule has 2 amide bonds. The van der Waals surface area contributed by atoms with Crippen LogP contribution in [0.5, 0.6) is 5.75 Å². The molecule has 0 saturated heterocycles. The molecule has 0 saturated carbocycles. The first-order valence-corrected chi connectivity index (χ1v) is 7.62. The van der Waals surface area contributed by atoms with Crippen LogP contribution in [0.2, 0.25) is 0 Å². The molecule has 2 aromatic rings. The molecule has 4 N–H and O–H groups in total. The van der Waals surface area contributed by atoms with Crippen molar-refractivity contribution in [3.63, 3.8) is 0 Å². The molecule has 0 heterocycles. The number of amides is 2. The number of nitrogen functional groups attached to an aromatic ring is 1. The quantitative estimate of drug-likeness (QED) is 0.387. The molecule has 0 atom stereocenters. The average molecular weight is 358 g/mol. The number of nitro groups is 1. The number of hydrogen-bond donors (Lipinski definition) is 3. The highest BCUT2D eigenvalue weighted by Crippen LogP contribution is 2.22. The summed E-state index contributed by atoms with van der Waals surface area (Å²) in [6.45, 7) is 0.0409. The Morgan fingerprint density at radius 2 is 1.85 bits per heavy atom. The van der Waals surface area contributed by atoms with Crippen LogP contribution in [0.25, 0.3) is 0 Å². The van der Waals surface area contributed by atoms with Gasteiger partial charge in [0, 0.05) is 18.2 Å². The molecule has 136 valence electrons. The van der Waals surface area contributed by atoms with Gasteiger partial charge in [-0.25, -0.2) is 0 Å². The number of nitrogens with zero attached hydrogens (tertiary/aromatic N) is 1. The van der Waals surface area contributed by atoms with Crippen molar-refractivity contribution in [2.75, 3.05) is 19.4 Å². The van der Waals surface area contributed by atoms with Crippen molar-refractivity contribution in [1.82, 2.24) is 10.6 Å². The van der Waals surface area contributed by atoms with Crippen molar-refractivity contribution in [1.29, 1.82) is 0 Å². The molecule has 0 unspecified atom stereocenters. The number of nitro benzene ring substituents is 1. The average Bonchev–Trinajstić information content (AvgIpc) is 2.64. The summed E-state index contributed by atoms with van der Waals surface area (Å²) in [5.41, 5.74) is 6.01. The second-order valence-electron chi connectivity index (χ2n) is 5.34. The third-order valence-electron chi connectivity index (χ3n) is 3.55. The van der Waals surface area contributed by atoms with E-state index in [0.29, 0.717) is 12.3 Å². The number of nitrogens with two attached hydrogens (primary N) is 1. The lowest BCUT2D eigenvalue weighted by Crippen LogP contribution is -2.36. The van der Waals surface area contributed by atoms with E-state index < -0.39 is 10.8 Å². The van der Waals surface area contributed by atoms with E-state index in [9.17, 15) is 19.7 Å². The van der Waals surface area contributed by atoms with Crippen LogP contribution in [0, 0.1) is 10.1 Å². The highest BCUT2D eigenvalue weighted by atomic mass is 16.6. The highest BCUT2D eigenvalue weighted by molar-refractivity contribution is 5.97. The first-order chi connectivity index (χ1) is 12.4. The van der Waals surface area contributed by atoms with Gasteiger partial charge in [-0.3, -0.25) is 19.7 Å². The molecular weight excluding hydrogens is 340 g/mol. The van der Waals surface area contributed by atoms with Crippen LogP contribution in [-0.4, -0.2) is 30.4 Å². The lowest BCUT2D eigenvalue weighted by molar-refractivity contribution is -0.383. The van der Waals surface area contributed by atoms with Gasteiger partial charge in [0.2, 0.25) is 5.91 Å². The Morgan fingerprint density at radius 1 is 1.15 bits per heavy atom. The van der Waals surface area contributed by atoms with Gasteiger partial charge in [-0.05, 0) is 29.8 Å². The molecule has 0 aliphatic rings. The van der Waals surface area contributed by atoms with Crippen molar-refractivity contribution in [3.05, 3.63) is 63.7 Å². The standard InChI is InChI=1S/C17H18N4O5/c1-26-13-5-2-11(3-6-13)9-19-16(22)10-20-17(23)12-4-7-14(18)15(8-12)21(24)25/h2-8H,9-10,18H2,1H3,(H,19,22)(H,20,23). The monoisotopic (exact) mass is 358 g/mol. The van der Waals surface area contributed by atoms with Crippen LogP contribution in [0.4, 0.5) is 11.4 Å². The third kappa shape index (κ3) is 4.94. The molecule has 0 bridgehead atoms. The van der Waals surface area contributed by atoms with E-state index in [4.69, 9.17) is 10.5 Å². The minimum atomic E-state index is -0.673. The maximum Gasteiger partial charge on any atom is 0.292 e. The maximum absolute atomic E-state index is 12.0. The summed E-state index contributed by atoms with van der Waals surface area (Å²) in [6, 6.07) is 10.9. The van der Waals surface area contributed by atoms with E-state index >= 15 is 0 Å². The van der Waals surface area contributed by atoms with E-state index in [-0.39, 0.29) is 29.4 Å². The van der Waals surface area contributed by atoms with Gasteiger partial charge >= 0.3 is 0 Å². The van der Waals surface area contributed by atoms with Crippen LogP contribution in [0.15, 0.2) is 42.5 Å². The van der Waals surface area contributed by atoms with Crippen LogP contribution in [0.1, 0.15) is 15.9 Å². The molecule has 2 aromatic carbocycles. The predicted octanol–water partition coefficient (Wildman–Crippen LogP) is 1.23. The maximum atomic E-state index is 12.0. The van der Waals surface area contributed by atoms with E-state index in [1.807, 2.05) is 12.1 Å². The first kappa shape index (κ1) is 18.7. The summed E-state index contributed by atoms with van der Waals surface area (Å²) in [5.74, 6) is -0.281. The second-order valence-corrected chi connectivity index (χ2v) is 5.34. The Hall–Kier alpha value is -3.62. The van der Waals surface area contributed by atoms with E-state index in [0.717, 1.165) is 11.6 Å². The lowest BCUT2D eigenvalue weighted by atomic mass is 10.1. The molecule has 0 fully saturated rings. The Morgan fingerprint density at radius 3 is 2.46 bits per heavy atom. The highest BCUT2D eigenvalue weighted by Gasteiger charge is 2.16. The van der Waals surface area contributed by atoms with E-state index in [1.54, 1.807) is 19.2 Å². The molecular formula is C17H18N4O5. The second kappa shape index (κ2) is 8.47. The largest absolute Gasteiger partial charge is 0.497 e. The van der Waals surface area contributed by atoms with Crippen LogP contribution < -0.4 is 21.1 Å². The molecule has 9 nitrogen and oxygen atoms in total. The Kier molecular flexibility index (Phi) is 6.10. The smallest absolute Gasteiger partial charge is 0.292 e. The molecule has 0 spiro atoms. The number of benzene rings is 2. The lowest BCUT2D eigenvalue weighted by Gasteiger charge is -2.08. The SMILES string of the molecule is COc1ccc(CNC(=O)CNC(=O)c2ccc(N)c([N+](=O)[O-])c2)cc1. The van der Waals surface area contributed by atoms with Crippen molar-refractivity contribution in [2.45, 2.75) is 6.54 Å². The van der Waals surface area contributed by atoms with Crippen molar-refractivity contribution in [3.8, 4) is 5.75 Å². The predicted molar refractivity (Wildman–Crippen MR) is 94.7 cm³/mol. The third-order valence-corrected chi connectivity index (χ3v) is 3.55. The van der Waals surface area contributed by atoms with E-state index in [2.05, 4.69) is 10.6 Å². The zero-order valence-corrected chi connectivity index (χ0v) is 14.0. The van der Waals surface area contributed by atoms with Crippen molar-refractivity contribution >= 4 is 23.2 Å². The van der Waals surface area contributed by atoms with Gasteiger partial charge in [-0.2, -0.15) is 0 Å². The summed E-state index contributed by atoms with van der Waals surface area (Å²) >= 11 is 0. The minimum Gasteiger partial charge on any atom is -0.497 e. The van der Waals surface area contributed by atoms with Crippen molar-refractivity contribution in [2.24, 2.45) is 0 Å². The molecule has 0 aliphatic carbocycles. The molecule has 0 radical (unpaired) electrons. The molecule has 0 aliphatic heterocycles. The minimum absolute atomic E-state index is 0.0382. The van der Waals surface area contributed by atoms with Gasteiger partial charge in [0.05, 0.1) is 18.6 Å². The molecule has 2 rings (SSSR count). The summed E-state index contributed by atoms with van der Waals surface area (Å²) in [4.78, 5) is 34.0. The zero-order valence-electron chi connectivity index (χ0n) is 14.0. The van der Waals surface area contributed by atoms with Gasteiger partial charge in [0.1, 0.15) is 11.4 Å². The number of ether oxygens (including phenoxy) is 1. The zero-order chi connectivity index (χ0) is 19.1. The Bertz CT molecular complexity index is 820. The number of anilines is 1. The summed E-state index contributed by atoms with van der Waals surface area (Å²) in [7, 11) is 1.56. The summed E-state index contributed by atoms with van der Waals surface area (Å²) in [5, 5.41) is 15.9. The Balaban J connectivity index is 1.85. The van der Waals surface area contributed by atoms with Gasteiger partial charge in [0.15, 0.2) is 0 Å². The van der Waals surface area contributed by atoms with E-state index in [1.165, 1.54) is 12.1 Å². The fraction of sp³-hybridized carbons (Fsp3) is 0.176. The van der Waals surface area contributed by atoms with Gasteiger partial charge in [0.25, 0.3) is 11.6 Å². The first-order valence-electron chi connectivity index (χ1n) is 7.62. The number of carbonyl (C=O) groups excluding carboxylic acids is 2. The fourth-order valence-corrected chi connectivity index (χ4v) is 2.11. The van der Waals surface area contributed by atoms with Crippen LogP contribution in [0.3, 0.4) is 0 Å². The number of nitrogens with one attached hydrogen (secondary N) is 2.